The van der Waals surface area contributed by atoms with Crippen LogP contribution in [-0.2, 0) is 19.4 Å². The molecule has 0 saturated heterocycles. The van der Waals surface area contributed by atoms with Gasteiger partial charge in [-0.1, -0.05) is 68.8 Å². The van der Waals surface area contributed by atoms with Gasteiger partial charge in [-0.25, -0.2) is 9.78 Å². The number of para-hydroxylation sites is 1. The maximum Gasteiger partial charge on any atom is 0.319 e. The summed E-state index contributed by atoms with van der Waals surface area (Å²) in [6.07, 6.45) is 8.05. The number of rotatable bonds is 11. The normalized spacial score (nSPS) is 10.8. The number of aromatic nitrogens is 2. The molecule has 0 atom stereocenters. The third-order valence-electron chi connectivity index (χ3n) is 5.84. The summed E-state index contributed by atoms with van der Waals surface area (Å²) in [6.45, 7) is 8.02. The minimum atomic E-state index is -0.117. The van der Waals surface area contributed by atoms with E-state index < -0.39 is 0 Å². The average molecular weight is 433 g/mol. The van der Waals surface area contributed by atoms with Gasteiger partial charge in [0.1, 0.15) is 0 Å². The summed E-state index contributed by atoms with van der Waals surface area (Å²) in [5.74, 6) is 0. The maximum atomic E-state index is 12.3. The lowest BCUT2D eigenvalue weighted by atomic mass is 10.0. The molecule has 3 aromatic rings. The van der Waals surface area contributed by atoms with Crippen LogP contribution in [0.2, 0.25) is 0 Å². The fraction of sp³-hybridized carbons (Fsp3) is 0.407. The minimum Gasteiger partial charge on any atom is -0.338 e. The van der Waals surface area contributed by atoms with Gasteiger partial charge in [-0.05, 0) is 50.2 Å². The molecule has 0 aliphatic rings. The van der Waals surface area contributed by atoms with Gasteiger partial charge in [0.05, 0.1) is 12.0 Å². The van der Waals surface area contributed by atoms with Crippen molar-refractivity contribution >= 4 is 11.7 Å². The number of hydrogen-bond donors (Lipinski definition) is 2. The summed E-state index contributed by atoms with van der Waals surface area (Å²) in [4.78, 5) is 17.0. The van der Waals surface area contributed by atoms with E-state index >= 15 is 0 Å². The number of urea groups is 1. The molecule has 0 fully saturated rings. The number of aryl methyl sites for hydroxylation is 3. The molecule has 1 heterocycles. The highest BCUT2D eigenvalue weighted by atomic mass is 16.2. The van der Waals surface area contributed by atoms with Gasteiger partial charge in [-0.3, -0.25) is 0 Å². The standard InChI is InChI=1S/C27H36N4O/c1-4-6-18-28-27(32)30-25-21(3)13-12-17-22(25)16-10-11-19-31-20-29-26(24(31)5-2)23-14-8-7-9-15-23/h7-9,12-15,17,20H,4-6,10-11,16,18-19H2,1-3H3,(H2,28,30,32). The van der Waals surface area contributed by atoms with E-state index in [0.29, 0.717) is 6.54 Å². The maximum absolute atomic E-state index is 12.3. The number of unbranched alkanes of at least 4 members (excludes halogenated alkanes) is 2. The van der Waals surface area contributed by atoms with E-state index in [1.165, 1.54) is 16.8 Å². The van der Waals surface area contributed by atoms with Gasteiger partial charge >= 0.3 is 6.03 Å². The second-order valence-corrected chi connectivity index (χ2v) is 8.25. The Morgan fingerprint density at radius 1 is 1.00 bits per heavy atom. The second-order valence-electron chi connectivity index (χ2n) is 8.25. The van der Waals surface area contributed by atoms with Gasteiger partial charge in [-0.2, -0.15) is 0 Å². The molecular weight excluding hydrogens is 396 g/mol. The van der Waals surface area contributed by atoms with E-state index in [9.17, 15) is 4.79 Å². The molecule has 5 nitrogen and oxygen atoms in total. The lowest BCUT2D eigenvalue weighted by Gasteiger charge is -2.15. The summed E-state index contributed by atoms with van der Waals surface area (Å²) in [6, 6.07) is 16.5. The Morgan fingerprint density at radius 3 is 2.56 bits per heavy atom. The third-order valence-corrected chi connectivity index (χ3v) is 5.84. The molecule has 2 N–H and O–H groups in total. The smallest absolute Gasteiger partial charge is 0.319 e. The highest BCUT2D eigenvalue weighted by molar-refractivity contribution is 5.91. The van der Waals surface area contributed by atoms with Crippen LogP contribution in [0.1, 0.15) is 56.4 Å². The molecule has 2 amide bonds. The van der Waals surface area contributed by atoms with Crippen molar-refractivity contribution in [3.05, 3.63) is 71.7 Å². The molecule has 2 aromatic carbocycles. The second kappa shape index (κ2) is 12.1. The molecule has 0 bridgehead atoms. The number of anilines is 1. The third kappa shape index (κ3) is 6.22. The number of hydrogen-bond acceptors (Lipinski definition) is 2. The molecule has 0 spiro atoms. The highest BCUT2D eigenvalue weighted by Gasteiger charge is 2.12. The van der Waals surface area contributed by atoms with E-state index in [1.807, 2.05) is 12.4 Å². The van der Waals surface area contributed by atoms with Crippen LogP contribution in [0, 0.1) is 6.92 Å². The van der Waals surface area contributed by atoms with Crippen molar-refractivity contribution < 1.29 is 4.79 Å². The quantitative estimate of drug-likeness (QED) is 0.346. The Kier molecular flexibility index (Phi) is 8.90. The lowest BCUT2D eigenvalue weighted by Crippen LogP contribution is -2.30. The first-order valence-electron chi connectivity index (χ1n) is 11.9. The number of imidazole rings is 1. The van der Waals surface area contributed by atoms with E-state index in [2.05, 4.69) is 78.4 Å². The first kappa shape index (κ1) is 23.6. The van der Waals surface area contributed by atoms with Gasteiger partial charge in [0, 0.05) is 30.0 Å². The first-order chi connectivity index (χ1) is 15.6. The first-order valence-corrected chi connectivity index (χ1v) is 11.9. The predicted molar refractivity (Wildman–Crippen MR) is 133 cm³/mol. The number of nitrogens with one attached hydrogen (secondary N) is 2. The zero-order valence-electron chi connectivity index (χ0n) is 19.7. The Balaban J connectivity index is 1.58. The van der Waals surface area contributed by atoms with Gasteiger partial charge < -0.3 is 15.2 Å². The monoisotopic (exact) mass is 432 g/mol. The minimum absolute atomic E-state index is 0.117. The molecule has 0 saturated carbocycles. The van der Waals surface area contributed by atoms with Crippen molar-refractivity contribution in [1.29, 1.82) is 0 Å². The molecule has 5 heteroatoms. The van der Waals surface area contributed by atoms with E-state index in [1.54, 1.807) is 0 Å². The van der Waals surface area contributed by atoms with Gasteiger partial charge in [0.25, 0.3) is 0 Å². The van der Waals surface area contributed by atoms with Crippen LogP contribution < -0.4 is 10.6 Å². The summed E-state index contributed by atoms with van der Waals surface area (Å²) in [5, 5.41) is 6.01. The Morgan fingerprint density at radius 2 is 1.81 bits per heavy atom. The predicted octanol–water partition coefficient (Wildman–Crippen LogP) is 6.37. The van der Waals surface area contributed by atoms with Crippen molar-refractivity contribution in [3.8, 4) is 11.3 Å². The highest BCUT2D eigenvalue weighted by Crippen LogP contribution is 2.24. The van der Waals surface area contributed by atoms with Crippen LogP contribution in [0.15, 0.2) is 54.9 Å². The zero-order chi connectivity index (χ0) is 22.8. The molecule has 1 aromatic heterocycles. The fourth-order valence-electron chi connectivity index (χ4n) is 4.06. The molecule has 0 aliphatic carbocycles. The molecule has 3 rings (SSSR count). The Labute approximate surface area is 192 Å². The van der Waals surface area contributed by atoms with E-state index in [-0.39, 0.29) is 6.03 Å². The number of nitrogens with zero attached hydrogens (tertiary/aromatic N) is 2. The zero-order valence-corrected chi connectivity index (χ0v) is 19.7. The number of carbonyl (C=O) groups excluding carboxylic acids is 1. The Bertz CT molecular complexity index is 994. The molecule has 32 heavy (non-hydrogen) atoms. The van der Waals surface area contributed by atoms with Crippen LogP contribution in [0.3, 0.4) is 0 Å². The summed E-state index contributed by atoms with van der Waals surface area (Å²) >= 11 is 0. The van der Waals surface area contributed by atoms with Crippen LogP contribution in [0.5, 0.6) is 0 Å². The van der Waals surface area contributed by atoms with Gasteiger partial charge in [0.2, 0.25) is 0 Å². The van der Waals surface area contributed by atoms with Crippen molar-refractivity contribution in [2.24, 2.45) is 0 Å². The van der Waals surface area contributed by atoms with E-state index in [0.717, 1.165) is 62.0 Å². The summed E-state index contributed by atoms with van der Waals surface area (Å²) in [5.41, 5.74) is 6.80. The SMILES string of the molecule is CCCCNC(=O)Nc1c(C)cccc1CCCCn1cnc(-c2ccccc2)c1CC. The van der Waals surface area contributed by atoms with Crippen molar-refractivity contribution in [2.45, 2.75) is 65.8 Å². The molecule has 0 radical (unpaired) electrons. The van der Waals surface area contributed by atoms with Crippen LogP contribution in [0.25, 0.3) is 11.3 Å². The molecular formula is C27H36N4O. The largest absolute Gasteiger partial charge is 0.338 e. The van der Waals surface area contributed by atoms with Crippen LogP contribution in [-0.4, -0.2) is 22.1 Å². The average Bonchev–Trinajstić information content (AvgIpc) is 3.22. The number of amides is 2. The van der Waals surface area contributed by atoms with Crippen molar-refractivity contribution in [3.63, 3.8) is 0 Å². The van der Waals surface area contributed by atoms with Crippen molar-refractivity contribution in [2.75, 3.05) is 11.9 Å². The topological polar surface area (TPSA) is 59.0 Å². The van der Waals surface area contributed by atoms with Crippen LogP contribution >= 0.6 is 0 Å². The summed E-state index contributed by atoms with van der Waals surface area (Å²) < 4.78 is 2.29. The number of benzene rings is 2. The molecule has 170 valence electrons. The fourth-order valence-corrected chi connectivity index (χ4v) is 4.06. The van der Waals surface area contributed by atoms with Gasteiger partial charge in [-0.15, -0.1) is 0 Å². The number of carbonyl (C=O) groups is 1. The van der Waals surface area contributed by atoms with E-state index in [4.69, 9.17) is 4.98 Å². The summed E-state index contributed by atoms with van der Waals surface area (Å²) in [7, 11) is 0. The molecule has 0 unspecified atom stereocenters. The molecule has 0 aliphatic heterocycles. The van der Waals surface area contributed by atoms with Crippen LogP contribution in [0.4, 0.5) is 10.5 Å². The van der Waals surface area contributed by atoms with Crippen molar-refractivity contribution in [1.82, 2.24) is 14.9 Å². The lowest BCUT2D eigenvalue weighted by molar-refractivity contribution is 0.252. The van der Waals surface area contributed by atoms with Gasteiger partial charge in [0.15, 0.2) is 0 Å². The Hall–Kier alpha value is -3.08.